The Hall–Kier alpha value is -1.56. The average molecular weight is 306 g/mol. The van der Waals surface area contributed by atoms with Crippen molar-refractivity contribution in [2.45, 2.75) is 25.6 Å². The molecule has 0 aromatic heterocycles. The first-order valence-corrected chi connectivity index (χ1v) is 7.69. The molecule has 0 bridgehead atoms. The topological polar surface area (TPSA) is 77.8 Å². The number of aliphatic hydroxyl groups excluding tert-OH is 2. The molecular weight excluding hydrogens is 288 g/mol. The molecule has 0 saturated carbocycles. The van der Waals surface area contributed by atoms with Crippen LogP contribution in [0.3, 0.4) is 0 Å². The second kappa shape index (κ2) is 6.93. The summed E-state index contributed by atoms with van der Waals surface area (Å²) < 4.78 is 0. The third kappa shape index (κ3) is 3.75. The van der Waals surface area contributed by atoms with Gasteiger partial charge < -0.3 is 15.3 Å². The van der Waals surface area contributed by atoms with Gasteiger partial charge in [-0.3, -0.25) is 4.79 Å². The van der Waals surface area contributed by atoms with Gasteiger partial charge in [-0.25, -0.2) is 0 Å². The highest BCUT2D eigenvalue weighted by molar-refractivity contribution is 8.13. The van der Waals surface area contributed by atoms with E-state index in [1.165, 1.54) is 6.92 Å². The number of phenols is 1. The van der Waals surface area contributed by atoms with E-state index in [1.807, 2.05) is 12.1 Å². The van der Waals surface area contributed by atoms with Crippen molar-refractivity contribution in [2.75, 3.05) is 5.75 Å². The molecule has 2 atom stereocenters. The van der Waals surface area contributed by atoms with Gasteiger partial charge in [-0.15, -0.1) is 0 Å². The average Bonchev–Trinajstić information content (AvgIpc) is 2.47. The van der Waals surface area contributed by atoms with Crippen LogP contribution in [0, 0.1) is 0 Å². The van der Waals surface area contributed by atoms with Crippen LogP contribution >= 0.6 is 11.8 Å². The number of aliphatic hydroxyl groups is 2. The van der Waals surface area contributed by atoms with E-state index in [9.17, 15) is 20.1 Å². The molecule has 0 heterocycles. The number of fused-ring (bicyclic) bond motifs is 1. The molecule has 0 spiro atoms. The summed E-state index contributed by atoms with van der Waals surface area (Å²) in [6.07, 6.45) is -1.93. The third-order valence-electron chi connectivity index (χ3n) is 3.33. The molecule has 0 aliphatic carbocycles. The number of hydrogen-bond donors (Lipinski definition) is 3. The number of hydrogen-bond acceptors (Lipinski definition) is 5. The summed E-state index contributed by atoms with van der Waals surface area (Å²) in [4.78, 5) is 10.8. The highest BCUT2D eigenvalue weighted by Crippen LogP contribution is 2.34. The Bertz CT molecular complexity index is 641. The van der Waals surface area contributed by atoms with Crippen molar-refractivity contribution in [2.24, 2.45) is 0 Å². The Morgan fingerprint density at radius 3 is 2.62 bits per heavy atom. The summed E-state index contributed by atoms with van der Waals surface area (Å²) in [6, 6.07) is 10.7. The summed E-state index contributed by atoms with van der Waals surface area (Å²) in [5.41, 5.74) is 0.300. The molecule has 21 heavy (non-hydrogen) atoms. The zero-order valence-corrected chi connectivity index (χ0v) is 12.5. The van der Waals surface area contributed by atoms with Gasteiger partial charge in [-0.05, 0) is 11.8 Å². The number of thioether (sulfide) groups is 1. The first kappa shape index (κ1) is 15.8. The number of carbonyl (C=O) groups is 1. The molecule has 2 rings (SSSR count). The fourth-order valence-electron chi connectivity index (χ4n) is 2.20. The first-order valence-electron chi connectivity index (χ1n) is 6.71. The highest BCUT2D eigenvalue weighted by atomic mass is 32.2. The van der Waals surface area contributed by atoms with Gasteiger partial charge in [0.1, 0.15) is 11.9 Å². The molecule has 0 saturated heterocycles. The smallest absolute Gasteiger partial charge is 0.185 e. The lowest BCUT2D eigenvalue weighted by Gasteiger charge is -2.19. The van der Waals surface area contributed by atoms with E-state index < -0.39 is 12.2 Å². The van der Waals surface area contributed by atoms with E-state index in [0.29, 0.717) is 16.7 Å². The molecule has 0 amide bonds. The number of carbonyl (C=O) groups excluding carboxylic acids is 1. The van der Waals surface area contributed by atoms with Crippen molar-refractivity contribution < 1.29 is 20.1 Å². The maximum atomic E-state index is 10.8. The van der Waals surface area contributed by atoms with Crippen molar-refractivity contribution in [3.63, 3.8) is 0 Å². The van der Waals surface area contributed by atoms with Gasteiger partial charge in [-0.1, -0.05) is 48.2 Å². The second-order valence-electron chi connectivity index (χ2n) is 4.87. The van der Waals surface area contributed by atoms with Gasteiger partial charge in [-0.2, -0.15) is 0 Å². The van der Waals surface area contributed by atoms with Crippen LogP contribution in [0.2, 0.25) is 0 Å². The lowest BCUT2D eigenvalue weighted by atomic mass is 9.98. The SMILES string of the molecule is CC(=O)SCCC(O)C(O)c1ccc2ccccc2c1O. The minimum absolute atomic E-state index is 0.0149. The number of rotatable bonds is 5. The van der Waals surface area contributed by atoms with Gasteiger partial charge in [0.2, 0.25) is 0 Å². The number of benzene rings is 2. The summed E-state index contributed by atoms with van der Waals surface area (Å²) in [7, 11) is 0. The lowest BCUT2D eigenvalue weighted by molar-refractivity contribution is -0.109. The molecule has 4 nitrogen and oxygen atoms in total. The highest BCUT2D eigenvalue weighted by Gasteiger charge is 2.22. The summed E-state index contributed by atoms with van der Waals surface area (Å²) in [6.45, 7) is 1.46. The van der Waals surface area contributed by atoms with Crippen molar-refractivity contribution in [3.05, 3.63) is 42.0 Å². The summed E-state index contributed by atoms with van der Waals surface area (Å²) in [5, 5.41) is 31.9. The van der Waals surface area contributed by atoms with Crippen LogP contribution in [0.4, 0.5) is 0 Å². The van der Waals surface area contributed by atoms with Crippen molar-refractivity contribution in [3.8, 4) is 5.75 Å². The predicted octanol–water partition coefficient (Wildman–Crippen LogP) is 2.61. The van der Waals surface area contributed by atoms with Crippen LogP contribution < -0.4 is 0 Å². The predicted molar refractivity (Wildman–Crippen MR) is 84.3 cm³/mol. The van der Waals surface area contributed by atoms with E-state index in [1.54, 1.807) is 24.3 Å². The molecule has 2 aromatic rings. The molecule has 2 aromatic carbocycles. The van der Waals surface area contributed by atoms with E-state index in [-0.39, 0.29) is 17.3 Å². The van der Waals surface area contributed by atoms with Crippen molar-refractivity contribution >= 4 is 27.6 Å². The second-order valence-corrected chi connectivity index (χ2v) is 6.14. The van der Waals surface area contributed by atoms with Crippen LogP contribution in [0.25, 0.3) is 10.8 Å². The van der Waals surface area contributed by atoms with Gasteiger partial charge in [0.25, 0.3) is 0 Å². The maximum absolute atomic E-state index is 10.8. The first-order chi connectivity index (χ1) is 10.0. The fraction of sp³-hybridized carbons (Fsp3) is 0.312. The maximum Gasteiger partial charge on any atom is 0.185 e. The summed E-state index contributed by atoms with van der Waals surface area (Å²) in [5.74, 6) is 0.418. The molecule has 5 heteroatoms. The Morgan fingerprint density at radius 2 is 1.90 bits per heavy atom. The van der Waals surface area contributed by atoms with Crippen LogP contribution in [0.15, 0.2) is 36.4 Å². The zero-order valence-electron chi connectivity index (χ0n) is 11.7. The molecule has 0 aliphatic heterocycles. The van der Waals surface area contributed by atoms with E-state index in [4.69, 9.17) is 0 Å². The number of phenolic OH excluding ortho intramolecular Hbond substituents is 1. The summed E-state index contributed by atoms with van der Waals surface area (Å²) >= 11 is 1.11. The normalized spacial score (nSPS) is 14.0. The van der Waals surface area contributed by atoms with E-state index in [0.717, 1.165) is 17.1 Å². The standard InChI is InChI=1S/C16H18O4S/c1-10(17)21-9-8-14(18)16(20)13-7-6-11-4-2-3-5-12(11)15(13)19/h2-7,14,16,18-20H,8-9H2,1H3. The third-order valence-corrected chi connectivity index (χ3v) is 4.18. The van der Waals surface area contributed by atoms with Gasteiger partial charge >= 0.3 is 0 Å². The Balaban J connectivity index is 2.17. The molecule has 112 valence electrons. The fourth-order valence-corrected chi connectivity index (χ4v) is 2.85. The minimum atomic E-state index is -1.18. The molecule has 0 fully saturated rings. The monoisotopic (exact) mass is 306 g/mol. The zero-order chi connectivity index (χ0) is 15.4. The van der Waals surface area contributed by atoms with Crippen molar-refractivity contribution in [1.82, 2.24) is 0 Å². The molecule has 2 unspecified atom stereocenters. The number of aromatic hydroxyl groups is 1. The Morgan fingerprint density at radius 1 is 1.19 bits per heavy atom. The quantitative estimate of drug-likeness (QED) is 0.791. The van der Waals surface area contributed by atoms with Gasteiger partial charge in [0, 0.05) is 23.6 Å². The van der Waals surface area contributed by atoms with Crippen LogP contribution in [0.5, 0.6) is 5.75 Å². The molecular formula is C16H18O4S. The molecule has 0 aliphatic rings. The van der Waals surface area contributed by atoms with Crippen molar-refractivity contribution in [1.29, 1.82) is 0 Å². The van der Waals surface area contributed by atoms with E-state index >= 15 is 0 Å². The van der Waals surface area contributed by atoms with Crippen LogP contribution in [-0.2, 0) is 4.79 Å². The lowest BCUT2D eigenvalue weighted by Crippen LogP contribution is -2.19. The Labute approximate surface area is 127 Å². The van der Waals surface area contributed by atoms with Gasteiger partial charge in [0.05, 0.1) is 6.10 Å². The van der Waals surface area contributed by atoms with Gasteiger partial charge in [0.15, 0.2) is 5.12 Å². The van der Waals surface area contributed by atoms with Crippen LogP contribution in [-0.4, -0.2) is 32.3 Å². The minimum Gasteiger partial charge on any atom is -0.507 e. The largest absolute Gasteiger partial charge is 0.507 e. The molecule has 3 N–H and O–H groups in total. The molecule has 0 radical (unpaired) electrons. The van der Waals surface area contributed by atoms with Crippen LogP contribution in [0.1, 0.15) is 25.0 Å². The van der Waals surface area contributed by atoms with E-state index in [2.05, 4.69) is 0 Å². The Kier molecular flexibility index (Phi) is 5.22.